The van der Waals surface area contributed by atoms with Gasteiger partial charge in [0.05, 0.1) is 0 Å². The lowest BCUT2D eigenvalue weighted by Gasteiger charge is -2.05. The average Bonchev–Trinajstić information content (AvgIpc) is 2.30. The summed E-state index contributed by atoms with van der Waals surface area (Å²) in [6.45, 7) is 0.865. The molecule has 0 aliphatic rings. The molecule has 16 heavy (non-hydrogen) atoms. The van der Waals surface area contributed by atoms with Crippen LogP contribution < -0.4 is 11.2 Å². The van der Waals surface area contributed by atoms with Crippen molar-refractivity contribution in [1.82, 2.24) is 4.57 Å². The number of nitrogens with zero attached hydrogens (tertiary/aromatic N) is 1. The molecule has 0 spiro atoms. The molecule has 3 nitrogen and oxygen atoms in total. The predicted octanol–water partition coefficient (Wildman–Crippen LogP) is 1.67. The quantitative estimate of drug-likeness (QED) is 0.790. The van der Waals surface area contributed by atoms with E-state index in [9.17, 15) is 4.79 Å². The summed E-state index contributed by atoms with van der Waals surface area (Å²) in [7, 11) is 0. The van der Waals surface area contributed by atoms with E-state index in [4.69, 9.17) is 5.73 Å². The Morgan fingerprint density at radius 3 is 2.25 bits per heavy atom. The second kappa shape index (κ2) is 4.66. The SMILES string of the molecule is Nc1ccc(CCn2ccc(=O)cc2)cc1. The van der Waals surface area contributed by atoms with E-state index in [1.54, 1.807) is 24.5 Å². The molecular formula is C13H14N2O. The molecule has 0 aliphatic carbocycles. The summed E-state index contributed by atoms with van der Waals surface area (Å²) in [5.74, 6) is 0. The number of pyridine rings is 1. The molecule has 2 aromatic rings. The van der Waals surface area contributed by atoms with Gasteiger partial charge in [-0.05, 0) is 24.1 Å². The van der Waals surface area contributed by atoms with Crippen LogP contribution in [0.2, 0.25) is 0 Å². The number of rotatable bonds is 3. The van der Waals surface area contributed by atoms with E-state index in [2.05, 4.69) is 0 Å². The van der Waals surface area contributed by atoms with Crippen LogP contribution in [0.5, 0.6) is 0 Å². The monoisotopic (exact) mass is 214 g/mol. The van der Waals surface area contributed by atoms with Crippen molar-refractivity contribution in [1.29, 1.82) is 0 Å². The second-order valence-corrected chi connectivity index (χ2v) is 3.76. The summed E-state index contributed by atoms with van der Waals surface area (Å²) < 4.78 is 2.00. The van der Waals surface area contributed by atoms with Crippen molar-refractivity contribution >= 4 is 5.69 Å². The molecule has 0 saturated heterocycles. The highest BCUT2D eigenvalue weighted by Crippen LogP contribution is 2.06. The van der Waals surface area contributed by atoms with E-state index in [-0.39, 0.29) is 5.43 Å². The van der Waals surface area contributed by atoms with Crippen LogP contribution in [0.25, 0.3) is 0 Å². The highest BCUT2D eigenvalue weighted by atomic mass is 16.1. The third-order valence-electron chi connectivity index (χ3n) is 2.50. The topological polar surface area (TPSA) is 48.0 Å². The molecule has 0 saturated carbocycles. The van der Waals surface area contributed by atoms with Crippen LogP contribution in [-0.4, -0.2) is 4.57 Å². The molecule has 3 heteroatoms. The Balaban J connectivity index is 1.99. The molecule has 0 aliphatic heterocycles. The number of hydrogen-bond donors (Lipinski definition) is 1. The minimum atomic E-state index is 0.0451. The zero-order valence-electron chi connectivity index (χ0n) is 8.97. The maximum atomic E-state index is 10.9. The lowest BCUT2D eigenvalue weighted by atomic mass is 10.1. The van der Waals surface area contributed by atoms with E-state index in [1.807, 2.05) is 28.8 Å². The maximum Gasteiger partial charge on any atom is 0.181 e. The Morgan fingerprint density at radius 2 is 1.62 bits per heavy atom. The maximum absolute atomic E-state index is 10.9. The van der Waals surface area contributed by atoms with Gasteiger partial charge in [-0.25, -0.2) is 0 Å². The van der Waals surface area contributed by atoms with Crippen molar-refractivity contribution in [3.8, 4) is 0 Å². The van der Waals surface area contributed by atoms with Crippen LogP contribution in [0.4, 0.5) is 5.69 Å². The Hall–Kier alpha value is -2.03. The summed E-state index contributed by atoms with van der Waals surface area (Å²) in [5.41, 5.74) is 7.68. The molecule has 0 atom stereocenters. The molecule has 0 radical (unpaired) electrons. The van der Waals surface area contributed by atoms with Gasteiger partial charge in [0, 0.05) is 36.8 Å². The van der Waals surface area contributed by atoms with Crippen LogP contribution in [-0.2, 0) is 13.0 Å². The first-order valence-electron chi connectivity index (χ1n) is 5.24. The third-order valence-corrected chi connectivity index (χ3v) is 2.50. The lowest BCUT2D eigenvalue weighted by molar-refractivity contribution is 0.690. The molecule has 1 heterocycles. The van der Waals surface area contributed by atoms with Gasteiger partial charge in [-0.15, -0.1) is 0 Å². The van der Waals surface area contributed by atoms with Gasteiger partial charge >= 0.3 is 0 Å². The fourth-order valence-corrected chi connectivity index (χ4v) is 1.54. The molecule has 1 aromatic carbocycles. The summed E-state index contributed by atoms with van der Waals surface area (Å²) in [4.78, 5) is 10.9. The zero-order chi connectivity index (χ0) is 11.4. The third kappa shape index (κ3) is 2.73. The summed E-state index contributed by atoms with van der Waals surface area (Å²) in [6.07, 6.45) is 4.54. The molecule has 2 N–H and O–H groups in total. The normalized spacial score (nSPS) is 10.2. The highest BCUT2D eigenvalue weighted by molar-refractivity contribution is 5.39. The minimum Gasteiger partial charge on any atom is -0.399 e. The van der Waals surface area contributed by atoms with Gasteiger partial charge in [0.25, 0.3) is 0 Å². The van der Waals surface area contributed by atoms with Crippen molar-refractivity contribution in [3.63, 3.8) is 0 Å². The first-order chi connectivity index (χ1) is 7.74. The van der Waals surface area contributed by atoms with Gasteiger partial charge in [-0.2, -0.15) is 0 Å². The number of hydrogen-bond acceptors (Lipinski definition) is 2. The predicted molar refractivity (Wildman–Crippen MR) is 65.3 cm³/mol. The average molecular weight is 214 g/mol. The number of nitrogens with two attached hydrogens (primary N) is 1. The molecule has 0 fully saturated rings. The van der Waals surface area contributed by atoms with Gasteiger partial charge < -0.3 is 10.3 Å². The fraction of sp³-hybridized carbons (Fsp3) is 0.154. The van der Waals surface area contributed by atoms with E-state index >= 15 is 0 Å². The van der Waals surface area contributed by atoms with E-state index in [0.29, 0.717) is 0 Å². The lowest BCUT2D eigenvalue weighted by Crippen LogP contribution is -2.05. The molecule has 1 aromatic heterocycles. The van der Waals surface area contributed by atoms with Crippen molar-refractivity contribution in [2.24, 2.45) is 0 Å². The van der Waals surface area contributed by atoms with Crippen LogP contribution >= 0.6 is 0 Å². The molecule has 0 unspecified atom stereocenters. The first kappa shape index (κ1) is 10.5. The minimum absolute atomic E-state index is 0.0451. The molecule has 0 bridgehead atoms. The summed E-state index contributed by atoms with van der Waals surface area (Å²) in [6, 6.07) is 11.0. The standard InChI is InChI=1S/C13H14N2O/c14-12-3-1-11(2-4-12)5-8-15-9-6-13(16)7-10-15/h1-4,6-7,9-10H,5,8,14H2. The molecule has 2 rings (SSSR count). The van der Waals surface area contributed by atoms with Crippen LogP contribution in [0.1, 0.15) is 5.56 Å². The number of benzene rings is 1. The number of nitrogen functional groups attached to an aromatic ring is 1. The second-order valence-electron chi connectivity index (χ2n) is 3.76. The zero-order valence-corrected chi connectivity index (χ0v) is 8.97. The Bertz CT molecular complexity index is 494. The van der Waals surface area contributed by atoms with Gasteiger partial charge in [-0.3, -0.25) is 4.79 Å². The number of aromatic nitrogens is 1. The van der Waals surface area contributed by atoms with Crippen molar-refractivity contribution < 1.29 is 0 Å². The van der Waals surface area contributed by atoms with Crippen molar-refractivity contribution in [2.75, 3.05) is 5.73 Å². The largest absolute Gasteiger partial charge is 0.399 e. The molecular weight excluding hydrogens is 200 g/mol. The smallest absolute Gasteiger partial charge is 0.181 e. The van der Waals surface area contributed by atoms with Crippen LogP contribution in [0.15, 0.2) is 53.6 Å². The van der Waals surface area contributed by atoms with E-state index < -0.39 is 0 Å². The van der Waals surface area contributed by atoms with E-state index in [0.717, 1.165) is 18.7 Å². The van der Waals surface area contributed by atoms with Crippen LogP contribution in [0, 0.1) is 0 Å². The van der Waals surface area contributed by atoms with Gasteiger partial charge in [0.2, 0.25) is 0 Å². The molecule has 82 valence electrons. The summed E-state index contributed by atoms with van der Waals surface area (Å²) >= 11 is 0. The van der Waals surface area contributed by atoms with Crippen molar-refractivity contribution in [3.05, 3.63) is 64.6 Å². The Kier molecular flexibility index (Phi) is 3.05. The van der Waals surface area contributed by atoms with E-state index in [1.165, 1.54) is 5.56 Å². The molecule has 0 amide bonds. The Morgan fingerprint density at radius 1 is 1.00 bits per heavy atom. The van der Waals surface area contributed by atoms with Gasteiger partial charge in [0.1, 0.15) is 0 Å². The summed E-state index contributed by atoms with van der Waals surface area (Å²) in [5, 5.41) is 0. The number of aryl methyl sites for hydroxylation is 2. The van der Waals surface area contributed by atoms with Gasteiger partial charge in [0.15, 0.2) is 5.43 Å². The van der Waals surface area contributed by atoms with Crippen LogP contribution in [0.3, 0.4) is 0 Å². The fourth-order valence-electron chi connectivity index (χ4n) is 1.54. The first-order valence-corrected chi connectivity index (χ1v) is 5.24. The Labute approximate surface area is 94.1 Å². The number of anilines is 1. The highest BCUT2D eigenvalue weighted by Gasteiger charge is 1.94. The van der Waals surface area contributed by atoms with Crippen molar-refractivity contribution in [2.45, 2.75) is 13.0 Å². The van der Waals surface area contributed by atoms with Gasteiger partial charge in [-0.1, -0.05) is 12.1 Å².